The van der Waals surface area contributed by atoms with Crippen LogP contribution in [0.1, 0.15) is 41.6 Å². The first kappa shape index (κ1) is 19.9. The summed E-state index contributed by atoms with van der Waals surface area (Å²) in [6, 6.07) is 21.0. The van der Waals surface area contributed by atoms with Crippen LogP contribution in [-0.4, -0.2) is 16.1 Å². The van der Waals surface area contributed by atoms with Crippen LogP contribution in [0, 0.1) is 11.7 Å². The molecule has 6 rings (SSSR count). The monoisotopic (exact) mass is 439 g/mol. The maximum absolute atomic E-state index is 15.0. The molecule has 0 saturated heterocycles. The first-order chi connectivity index (χ1) is 16.1. The summed E-state index contributed by atoms with van der Waals surface area (Å²) in [5.41, 5.74) is 5.64. The number of halogens is 1. The van der Waals surface area contributed by atoms with Gasteiger partial charge < -0.3 is 9.84 Å². The molecule has 5 heteroatoms. The van der Waals surface area contributed by atoms with Gasteiger partial charge in [0.15, 0.2) is 0 Å². The molecular weight excluding hydrogens is 417 g/mol. The molecule has 2 aliphatic rings. The van der Waals surface area contributed by atoms with E-state index < -0.39 is 5.97 Å². The Morgan fingerprint density at radius 3 is 2.64 bits per heavy atom. The van der Waals surface area contributed by atoms with Crippen LogP contribution in [0.25, 0.3) is 22.0 Å². The maximum Gasteiger partial charge on any atom is 0.307 e. The normalized spacial score (nSPS) is 21.1. The number of nitrogens with zero attached hydrogens (tertiary/aromatic N) is 1. The average molecular weight is 439 g/mol. The summed E-state index contributed by atoms with van der Waals surface area (Å²) in [7, 11) is 0. The number of rotatable bonds is 5. The lowest BCUT2D eigenvalue weighted by atomic mass is 9.93. The lowest BCUT2D eigenvalue weighted by Crippen LogP contribution is -2.06. The predicted octanol–water partition coefficient (Wildman–Crippen LogP) is 6.30. The smallest absolute Gasteiger partial charge is 0.307 e. The lowest BCUT2D eigenvalue weighted by Gasteiger charge is -2.17. The van der Waals surface area contributed by atoms with Gasteiger partial charge in [0.25, 0.3) is 0 Å². The minimum absolute atomic E-state index is 0.0824. The van der Waals surface area contributed by atoms with E-state index in [9.17, 15) is 4.79 Å². The Balaban J connectivity index is 1.30. The summed E-state index contributed by atoms with van der Waals surface area (Å²) in [6.45, 7) is 0. The highest BCUT2D eigenvalue weighted by Gasteiger charge is 2.44. The Bertz CT molecular complexity index is 1380. The van der Waals surface area contributed by atoms with Crippen molar-refractivity contribution >= 4 is 16.9 Å². The van der Waals surface area contributed by atoms with Gasteiger partial charge in [-0.2, -0.15) is 0 Å². The minimum Gasteiger partial charge on any atom is -0.486 e. The number of carbonyl (C=O) groups is 1. The van der Waals surface area contributed by atoms with E-state index in [1.165, 1.54) is 6.07 Å². The molecule has 1 N–H and O–H groups in total. The molecule has 33 heavy (non-hydrogen) atoms. The van der Waals surface area contributed by atoms with Crippen LogP contribution in [0.15, 0.2) is 72.9 Å². The quantitative estimate of drug-likeness (QED) is 0.397. The number of benzene rings is 3. The van der Waals surface area contributed by atoms with Gasteiger partial charge in [0.1, 0.15) is 17.7 Å². The van der Waals surface area contributed by atoms with Crippen LogP contribution < -0.4 is 4.74 Å². The van der Waals surface area contributed by atoms with Crippen molar-refractivity contribution in [2.24, 2.45) is 5.92 Å². The molecule has 3 aromatic carbocycles. The first-order valence-electron chi connectivity index (χ1n) is 11.2. The zero-order chi connectivity index (χ0) is 22.5. The van der Waals surface area contributed by atoms with Crippen molar-refractivity contribution in [3.05, 3.63) is 95.4 Å². The van der Waals surface area contributed by atoms with E-state index in [-0.39, 0.29) is 23.8 Å². The van der Waals surface area contributed by atoms with Gasteiger partial charge >= 0.3 is 5.97 Å². The Kier molecular flexibility index (Phi) is 4.64. The number of hydrogen-bond donors (Lipinski definition) is 1. The number of carboxylic acids is 1. The van der Waals surface area contributed by atoms with Crippen LogP contribution >= 0.6 is 0 Å². The standard InChI is InChI=1S/C28H22FNO3/c29-24-12-10-19(18-3-1-5-25-20(18)4-2-14-30-25)21-11-13-26(27(21)24)33-17-8-6-16(7-9-17)22-15-23(22)28(31)32/h1-10,12,14,22-23,26H,11,13,15H2,(H,31,32)/t22?,23?,26-/m1/s1. The van der Waals surface area contributed by atoms with Gasteiger partial charge in [0, 0.05) is 17.1 Å². The number of aliphatic carboxylic acids is 1. The van der Waals surface area contributed by atoms with E-state index in [1.54, 1.807) is 6.20 Å². The number of pyridine rings is 1. The summed E-state index contributed by atoms with van der Waals surface area (Å²) in [5.74, 6) is -0.512. The number of ether oxygens (including phenoxy) is 1. The van der Waals surface area contributed by atoms with Gasteiger partial charge in [0.2, 0.25) is 0 Å². The van der Waals surface area contributed by atoms with Gasteiger partial charge in [-0.1, -0.05) is 36.4 Å². The Morgan fingerprint density at radius 1 is 1.00 bits per heavy atom. The zero-order valence-electron chi connectivity index (χ0n) is 17.9. The third kappa shape index (κ3) is 3.44. The molecule has 0 amide bonds. The van der Waals surface area contributed by atoms with Crippen molar-refractivity contribution in [2.75, 3.05) is 0 Å². The number of fused-ring (bicyclic) bond motifs is 2. The van der Waals surface area contributed by atoms with Crippen molar-refractivity contribution < 1.29 is 19.0 Å². The Morgan fingerprint density at radius 2 is 1.85 bits per heavy atom. The molecule has 4 nitrogen and oxygen atoms in total. The summed E-state index contributed by atoms with van der Waals surface area (Å²) in [5, 5.41) is 10.2. The Hall–Kier alpha value is -3.73. The van der Waals surface area contributed by atoms with Crippen LogP contribution in [0.3, 0.4) is 0 Å². The second kappa shape index (κ2) is 7.69. The molecule has 1 saturated carbocycles. The van der Waals surface area contributed by atoms with Gasteiger partial charge in [-0.3, -0.25) is 9.78 Å². The fraction of sp³-hybridized carbons (Fsp3) is 0.214. The summed E-state index contributed by atoms with van der Waals surface area (Å²) in [6.07, 6.45) is 3.55. The van der Waals surface area contributed by atoms with Crippen molar-refractivity contribution in [1.29, 1.82) is 0 Å². The molecule has 0 spiro atoms. The first-order valence-corrected chi connectivity index (χ1v) is 11.2. The predicted molar refractivity (Wildman–Crippen MR) is 124 cm³/mol. The van der Waals surface area contributed by atoms with E-state index in [0.29, 0.717) is 24.2 Å². The molecule has 1 heterocycles. The van der Waals surface area contributed by atoms with Crippen molar-refractivity contribution in [1.82, 2.24) is 4.98 Å². The maximum atomic E-state index is 15.0. The number of carboxylic acid groups (broad SMARTS) is 1. The van der Waals surface area contributed by atoms with Gasteiger partial charge in [-0.15, -0.1) is 0 Å². The third-order valence-corrected chi connectivity index (χ3v) is 6.91. The number of hydrogen-bond acceptors (Lipinski definition) is 3. The minimum atomic E-state index is -0.740. The summed E-state index contributed by atoms with van der Waals surface area (Å²) >= 11 is 0. The van der Waals surface area contributed by atoms with Crippen LogP contribution in [-0.2, 0) is 11.2 Å². The van der Waals surface area contributed by atoms with E-state index >= 15 is 4.39 Å². The second-order valence-electron chi connectivity index (χ2n) is 8.86. The molecule has 0 radical (unpaired) electrons. The summed E-state index contributed by atoms with van der Waals surface area (Å²) < 4.78 is 21.2. The topological polar surface area (TPSA) is 59.4 Å². The molecular formula is C28H22FNO3. The van der Waals surface area contributed by atoms with Crippen molar-refractivity contribution in [3.63, 3.8) is 0 Å². The van der Waals surface area contributed by atoms with E-state index in [1.807, 2.05) is 54.6 Å². The van der Waals surface area contributed by atoms with Crippen LogP contribution in [0.4, 0.5) is 4.39 Å². The third-order valence-electron chi connectivity index (χ3n) is 6.91. The Labute approximate surface area is 190 Å². The molecule has 0 bridgehead atoms. The van der Waals surface area contributed by atoms with Crippen molar-refractivity contribution in [3.8, 4) is 16.9 Å². The van der Waals surface area contributed by atoms with Gasteiger partial charge in [0.05, 0.1) is 11.4 Å². The molecule has 4 aromatic rings. The molecule has 164 valence electrons. The SMILES string of the molecule is O=C(O)C1CC1c1ccc(O[C@@H]2CCc3c(-c4cccc5ncccc45)ccc(F)c32)cc1. The second-order valence-corrected chi connectivity index (χ2v) is 8.86. The highest BCUT2D eigenvalue weighted by atomic mass is 19.1. The van der Waals surface area contributed by atoms with Crippen LogP contribution in [0.5, 0.6) is 5.75 Å². The van der Waals surface area contributed by atoms with Gasteiger partial charge in [-0.25, -0.2) is 4.39 Å². The molecule has 2 aliphatic carbocycles. The van der Waals surface area contributed by atoms with Crippen LogP contribution in [0.2, 0.25) is 0 Å². The molecule has 0 aliphatic heterocycles. The van der Waals surface area contributed by atoms with E-state index in [4.69, 9.17) is 9.84 Å². The zero-order valence-corrected chi connectivity index (χ0v) is 17.9. The van der Waals surface area contributed by atoms with Gasteiger partial charge in [-0.05, 0) is 77.8 Å². The van der Waals surface area contributed by atoms with E-state index in [0.717, 1.165) is 39.6 Å². The average Bonchev–Trinajstić information content (AvgIpc) is 3.54. The highest BCUT2D eigenvalue weighted by Crippen LogP contribution is 2.48. The lowest BCUT2D eigenvalue weighted by molar-refractivity contribution is -0.138. The fourth-order valence-electron chi connectivity index (χ4n) is 5.18. The van der Waals surface area contributed by atoms with Crippen molar-refractivity contribution in [2.45, 2.75) is 31.3 Å². The van der Waals surface area contributed by atoms with E-state index in [2.05, 4.69) is 11.1 Å². The molecule has 3 atom stereocenters. The summed E-state index contributed by atoms with van der Waals surface area (Å²) in [4.78, 5) is 15.6. The largest absolute Gasteiger partial charge is 0.486 e. The molecule has 1 fully saturated rings. The molecule has 2 unspecified atom stereocenters. The molecule has 1 aromatic heterocycles. The fourth-order valence-corrected chi connectivity index (χ4v) is 5.18. The highest BCUT2D eigenvalue weighted by molar-refractivity contribution is 5.95. The number of aromatic nitrogens is 1.